The van der Waals surface area contributed by atoms with Crippen LogP contribution in [0.15, 0.2) is 24.3 Å². The van der Waals surface area contributed by atoms with E-state index in [-0.39, 0.29) is 6.61 Å². The molecule has 0 atom stereocenters. The molecule has 0 aliphatic heterocycles. The van der Waals surface area contributed by atoms with E-state index in [4.69, 9.17) is 9.47 Å². The fourth-order valence-corrected chi connectivity index (χ4v) is 2.41. The summed E-state index contributed by atoms with van der Waals surface area (Å²) in [6, 6.07) is 7.91. The van der Waals surface area contributed by atoms with Crippen molar-refractivity contribution < 1.29 is 14.6 Å². The number of hydrogen-bond donors (Lipinski definition) is 1. The van der Waals surface area contributed by atoms with Crippen LogP contribution in [0.5, 0.6) is 11.5 Å². The van der Waals surface area contributed by atoms with Crippen LogP contribution < -0.4 is 9.47 Å². The van der Waals surface area contributed by atoms with Crippen LogP contribution >= 0.6 is 0 Å². The molecule has 108 valence electrons. The summed E-state index contributed by atoms with van der Waals surface area (Å²) >= 11 is 0. The maximum atomic E-state index is 9.54. The van der Waals surface area contributed by atoms with Gasteiger partial charge in [-0.15, -0.1) is 0 Å². The normalized spacial score (nSPS) is 11.1. The fraction of sp³-hybridized carbons (Fsp3) is 0.375. The molecule has 20 heavy (non-hydrogen) atoms. The number of rotatable bonds is 5. The molecular formula is C16H21NO3. The molecule has 0 heterocycles. The zero-order chi connectivity index (χ0) is 14.7. The van der Waals surface area contributed by atoms with E-state index in [0.29, 0.717) is 11.5 Å². The molecule has 0 unspecified atom stereocenters. The highest BCUT2D eigenvalue weighted by molar-refractivity contribution is 5.90. The first-order valence-electron chi connectivity index (χ1n) is 6.52. The lowest BCUT2D eigenvalue weighted by molar-refractivity contribution is 0.278. The molecule has 0 saturated heterocycles. The Morgan fingerprint density at radius 2 is 1.70 bits per heavy atom. The van der Waals surface area contributed by atoms with Crippen LogP contribution in [0.3, 0.4) is 0 Å². The van der Waals surface area contributed by atoms with Crippen LogP contribution in [0.2, 0.25) is 0 Å². The molecule has 0 spiro atoms. The Morgan fingerprint density at radius 1 is 1.05 bits per heavy atom. The van der Waals surface area contributed by atoms with Crippen molar-refractivity contribution in [3.8, 4) is 11.5 Å². The van der Waals surface area contributed by atoms with Gasteiger partial charge in [0.05, 0.1) is 20.8 Å². The third-order valence-electron chi connectivity index (χ3n) is 3.38. The van der Waals surface area contributed by atoms with Gasteiger partial charge >= 0.3 is 0 Å². The Balaban J connectivity index is 2.71. The van der Waals surface area contributed by atoms with Gasteiger partial charge in [-0.05, 0) is 48.1 Å². The minimum absolute atomic E-state index is 0.0352. The van der Waals surface area contributed by atoms with Gasteiger partial charge in [-0.2, -0.15) is 0 Å². The van der Waals surface area contributed by atoms with Crippen molar-refractivity contribution in [2.45, 2.75) is 13.2 Å². The van der Waals surface area contributed by atoms with Crippen molar-refractivity contribution in [2.75, 3.05) is 28.3 Å². The third kappa shape index (κ3) is 2.71. The number of benzene rings is 2. The highest BCUT2D eigenvalue weighted by Gasteiger charge is 2.12. The van der Waals surface area contributed by atoms with Crippen molar-refractivity contribution in [1.29, 1.82) is 0 Å². The molecule has 4 nitrogen and oxygen atoms in total. The molecule has 2 rings (SSSR count). The number of aliphatic hydroxyl groups excluding tert-OH is 1. The highest BCUT2D eigenvalue weighted by Crippen LogP contribution is 2.35. The van der Waals surface area contributed by atoms with Gasteiger partial charge < -0.3 is 19.5 Å². The number of aliphatic hydroxyl groups is 1. The number of hydrogen-bond acceptors (Lipinski definition) is 4. The van der Waals surface area contributed by atoms with Gasteiger partial charge in [-0.3, -0.25) is 0 Å². The molecule has 0 aliphatic carbocycles. The summed E-state index contributed by atoms with van der Waals surface area (Å²) in [5.74, 6) is 1.42. The summed E-state index contributed by atoms with van der Waals surface area (Å²) in [5, 5.41) is 11.7. The molecule has 0 saturated carbocycles. The van der Waals surface area contributed by atoms with E-state index < -0.39 is 0 Å². The van der Waals surface area contributed by atoms with Crippen LogP contribution in [0.1, 0.15) is 11.1 Å². The van der Waals surface area contributed by atoms with Gasteiger partial charge in [0.25, 0.3) is 0 Å². The van der Waals surface area contributed by atoms with E-state index in [1.54, 1.807) is 14.2 Å². The average Bonchev–Trinajstić information content (AvgIpc) is 2.45. The SMILES string of the molecule is COc1cc2ccc(CO)c(CN(C)C)c2cc1OC. The molecule has 1 N–H and O–H groups in total. The largest absolute Gasteiger partial charge is 0.493 e. The highest BCUT2D eigenvalue weighted by atomic mass is 16.5. The van der Waals surface area contributed by atoms with Crippen LogP contribution in [0, 0.1) is 0 Å². The Hall–Kier alpha value is -1.78. The first-order valence-corrected chi connectivity index (χ1v) is 6.52. The standard InChI is InChI=1S/C16H21NO3/c1-17(2)9-14-12(10-18)6-5-11-7-15(19-3)16(20-4)8-13(11)14/h5-8,18H,9-10H2,1-4H3. The molecule has 0 amide bonds. The zero-order valence-electron chi connectivity index (χ0n) is 12.4. The molecule has 2 aromatic carbocycles. The summed E-state index contributed by atoms with van der Waals surface area (Å²) in [6.45, 7) is 0.802. The first-order chi connectivity index (χ1) is 9.60. The molecular weight excluding hydrogens is 254 g/mol. The second-order valence-electron chi connectivity index (χ2n) is 5.03. The topological polar surface area (TPSA) is 41.9 Å². The maximum absolute atomic E-state index is 9.54. The Bertz CT molecular complexity index is 608. The summed E-state index contributed by atoms with van der Waals surface area (Å²) < 4.78 is 10.7. The van der Waals surface area contributed by atoms with Crippen LogP contribution in [0.4, 0.5) is 0 Å². The van der Waals surface area contributed by atoms with Crippen molar-refractivity contribution in [3.05, 3.63) is 35.4 Å². The van der Waals surface area contributed by atoms with Gasteiger partial charge in [0.1, 0.15) is 0 Å². The van der Waals surface area contributed by atoms with E-state index in [9.17, 15) is 5.11 Å². The monoisotopic (exact) mass is 275 g/mol. The summed E-state index contributed by atoms with van der Waals surface area (Å²) in [7, 11) is 7.29. The van der Waals surface area contributed by atoms with Crippen molar-refractivity contribution in [2.24, 2.45) is 0 Å². The average molecular weight is 275 g/mol. The maximum Gasteiger partial charge on any atom is 0.161 e. The third-order valence-corrected chi connectivity index (χ3v) is 3.38. The summed E-state index contributed by atoms with van der Waals surface area (Å²) in [6.07, 6.45) is 0. The Labute approximate surface area is 119 Å². The lowest BCUT2D eigenvalue weighted by Crippen LogP contribution is -2.13. The minimum atomic E-state index is 0.0352. The molecule has 4 heteroatoms. The van der Waals surface area contributed by atoms with Crippen LogP contribution in [-0.2, 0) is 13.2 Å². The van der Waals surface area contributed by atoms with Gasteiger partial charge in [0, 0.05) is 6.54 Å². The second kappa shape index (κ2) is 6.11. The van der Waals surface area contributed by atoms with Gasteiger partial charge in [-0.25, -0.2) is 0 Å². The molecule has 0 aromatic heterocycles. The lowest BCUT2D eigenvalue weighted by atomic mass is 9.98. The van der Waals surface area contributed by atoms with E-state index in [2.05, 4.69) is 4.90 Å². The molecule has 0 fully saturated rings. The predicted octanol–water partition coefficient (Wildman–Crippen LogP) is 2.41. The van der Waals surface area contributed by atoms with E-state index in [1.165, 1.54) is 0 Å². The Morgan fingerprint density at radius 3 is 2.25 bits per heavy atom. The number of fused-ring (bicyclic) bond motifs is 1. The lowest BCUT2D eigenvalue weighted by Gasteiger charge is -2.17. The van der Waals surface area contributed by atoms with Gasteiger partial charge in [0.15, 0.2) is 11.5 Å². The minimum Gasteiger partial charge on any atom is -0.493 e. The van der Waals surface area contributed by atoms with E-state index in [1.807, 2.05) is 38.4 Å². The summed E-state index contributed by atoms with van der Waals surface area (Å²) in [5.41, 5.74) is 2.06. The molecule has 2 aromatic rings. The number of nitrogens with zero attached hydrogens (tertiary/aromatic N) is 1. The van der Waals surface area contributed by atoms with Gasteiger partial charge in [0.2, 0.25) is 0 Å². The molecule has 0 radical (unpaired) electrons. The smallest absolute Gasteiger partial charge is 0.161 e. The van der Waals surface area contributed by atoms with Crippen LogP contribution in [0.25, 0.3) is 10.8 Å². The van der Waals surface area contributed by atoms with E-state index >= 15 is 0 Å². The quantitative estimate of drug-likeness (QED) is 0.910. The summed E-state index contributed by atoms with van der Waals surface area (Å²) in [4.78, 5) is 2.09. The van der Waals surface area contributed by atoms with Crippen LogP contribution in [-0.4, -0.2) is 38.3 Å². The van der Waals surface area contributed by atoms with Crippen molar-refractivity contribution in [1.82, 2.24) is 4.90 Å². The van der Waals surface area contributed by atoms with Gasteiger partial charge in [-0.1, -0.05) is 12.1 Å². The van der Waals surface area contributed by atoms with Crippen molar-refractivity contribution >= 4 is 10.8 Å². The van der Waals surface area contributed by atoms with Crippen molar-refractivity contribution in [3.63, 3.8) is 0 Å². The first kappa shape index (κ1) is 14.6. The Kier molecular flexibility index (Phi) is 4.47. The number of ether oxygens (including phenoxy) is 2. The van der Waals surface area contributed by atoms with E-state index in [0.717, 1.165) is 28.4 Å². The predicted molar refractivity (Wildman–Crippen MR) is 80.4 cm³/mol. The molecule has 0 aliphatic rings. The fourth-order valence-electron chi connectivity index (χ4n) is 2.41. The zero-order valence-corrected chi connectivity index (χ0v) is 12.4. The second-order valence-corrected chi connectivity index (χ2v) is 5.03. The number of methoxy groups -OCH3 is 2. The molecule has 0 bridgehead atoms.